The van der Waals surface area contributed by atoms with Gasteiger partial charge in [0.1, 0.15) is 51.3 Å². The number of nitrogens with zero attached hydrogens (tertiary/aromatic N) is 6. The number of amides is 1. The van der Waals surface area contributed by atoms with Gasteiger partial charge < -0.3 is 24.6 Å². The van der Waals surface area contributed by atoms with Crippen molar-refractivity contribution < 1.29 is 24.5 Å². The van der Waals surface area contributed by atoms with Crippen LogP contribution >= 0.6 is 34.7 Å². The van der Waals surface area contributed by atoms with Gasteiger partial charge in [-0.15, -0.1) is 22.9 Å². The minimum atomic E-state index is -1.17. The van der Waals surface area contributed by atoms with Gasteiger partial charge in [-0.05, 0) is 12.5 Å². The van der Waals surface area contributed by atoms with Crippen LogP contribution in [0.4, 0.5) is 0 Å². The Labute approximate surface area is 225 Å². The topological polar surface area (TPSA) is 136 Å². The maximum absolute atomic E-state index is 13.0. The third kappa shape index (κ3) is 5.10. The summed E-state index contributed by atoms with van der Waals surface area (Å²) in [6, 6.07) is 0.928. The van der Waals surface area contributed by atoms with Gasteiger partial charge in [0.15, 0.2) is 0 Å². The Balaban J connectivity index is 1.48. The van der Waals surface area contributed by atoms with Crippen LogP contribution in [0.25, 0.3) is 10.7 Å². The molecule has 5 heterocycles. The van der Waals surface area contributed by atoms with Gasteiger partial charge in [-0.3, -0.25) is 4.79 Å². The van der Waals surface area contributed by atoms with Crippen molar-refractivity contribution in [1.29, 1.82) is 0 Å². The molecule has 0 radical (unpaired) electrons. The number of hydrogen-bond acceptors (Lipinski definition) is 11. The van der Waals surface area contributed by atoms with Crippen LogP contribution in [-0.4, -0.2) is 96.5 Å². The molecule has 2 aliphatic rings. The van der Waals surface area contributed by atoms with Crippen LogP contribution in [0.5, 0.6) is 0 Å². The molecule has 1 amide bonds. The van der Waals surface area contributed by atoms with Crippen molar-refractivity contribution in [2.24, 2.45) is 0 Å². The number of aromatic nitrogens is 5. The lowest BCUT2D eigenvalue weighted by Crippen LogP contribution is -2.55. The molecular weight excluding hydrogens is 540 g/mol. The summed E-state index contributed by atoms with van der Waals surface area (Å²) < 4.78 is 13.3. The highest BCUT2D eigenvalue weighted by Crippen LogP contribution is 2.41. The van der Waals surface area contributed by atoms with Crippen molar-refractivity contribution in [3.8, 4) is 23.0 Å². The highest BCUT2D eigenvalue weighted by Gasteiger charge is 2.48. The largest absolute Gasteiger partial charge is 0.394 e. The zero-order valence-corrected chi connectivity index (χ0v) is 22.0. The van der Waals surface area contributed by atoms with E-state index in [4.69, 9.17) is 27.5 Å². The number of carbonyl (C=O) groups excluding carboxylic acids is 1. The molecule has 2 aliphatic heterocycles. The van der Waals surface area contributed by atoms with E-state index in [-0.39, 0.29) is 11.6 Å². The molecule has 14 heteroatoms. The van der Waals surface area contributed by atoms with E-state index in [0.717, 1.165) is 6.42 Å². The van der Waals surface area contributed by atoms with Crippen LogP contribution in [-0.2, 0) is 9.47 Å². The van der Waals surface area contributed by atoms with Gasteiger partial charge >= 0.3 is 0 Å². The van der Waals surface area contributed by atoms with E-state index in [2.05, 4.69) is 26.2 Å². The molecule has 3 aromatic heterocycles. The third-order valence-corrected chi connectivity index (χ3v) is 8.58. The first-order chi connectivity index (χ1) is 17.9. The molecule has 194 valence electrons. The monoisotopic (exact) mass is 562 g/mol. The number of terminal acetylenes is 1. The maximum Gasteiger partial charge on any atom is 0.273 e. The van der Waals surface area contributed by atoms with Crippen LogP contribution < -0.4 is 0 Å². The highest BCUT2D eigenvalue weighted by atomic mass is 35.5. The molecule has 0 aromatic carbocycles. The predicted octanol–water partition coefficient (Wildman–Crippen LogP) is 1.70. The number of aliphatic hydroxyl groups is 2. The SMILES string of the molecule is C#Cc1cnc(C(=O)N2CCC2)c(SC2OC(CO)C(O)C(n3cc(-c4nc(Cl)cs4)nn3)C2OC)c1. The van der Waals surface area contributed by atoms with Gasteiger partial charge in [0, 0.05) is 42.2 Å². The Morgan fingerprint density at radius 2 is 2.27 bits per heavy atom. The number of aliphatic hydroxyl groups excluding tert-OH is 2. The summed E-state index contributed by atoms with van der Waals surface area (Å²) in [5, 5.41) is 32.1. The van der Waals surface area contributed by atoms with Crippen molar-refractivity contribution >= 4 is 40.6 Å². The minimum Gasteiger partial charge on any atom is -0.394 e. The number of rotatable bonds is 7. The first-order valence-electron chi connectivity index (χ1n) is 11.4. The predicted molar refractivity (Wildman–Crippen MR) is 136 cm³/mol. The minimum absolute atomic E-state index is 0.194. The van der Waals surface area contributed by atoms with Crippen LogP contribution in [0.1, 0.15) is 28.5 Å². The van der Waals surface area contributed by atoms with E-state index < -0.39 is 36.4 Å². The molecular formula is C23H23ClN6O5S2. The molecule has 0 aliphatic carbocycles. The second kappa shape index (κ2) is 11.0. The molecule has 37 heavy (non-hydrogen) atoms. The molecule has 2 saturated heterocycles. The smallest absolute Gasteiger partial charge is 0.273 e. The zero-order chi connectivity index (χ0) is 26.1. The Hall–Kier alpha value is -2.57. The van der Waals surface area contributed by atoms with E-state index >= 15 is 0 Å². The Bertz CT molecular complexity index is 1320. The lowest BCUT2D eigenvalue weighted by molar-refractivity contribution is -0.186. The fraction of sp³-hybridized carbons (Fsp3) is 0.435. The number of likely N-dealkylation sites (tertiary alicyclic amines) is 1. The zero-order valence-electron chi connectivity index (χ0n) is 19.6. The molecule has 2 fully saturated rings. The quantitative estimate of drug-likeness (QED) is 0.409. The van der Waals surface area contributed by atoms with Crippen LogP contribution in [0, 0.1) is 12.3 Å². The molecule has 5 atom stereocenters. The van der Waals surface area contributed by atoms with Crippen molar-refractivity contribution in [3.05, 3.63) is 40.3 Å². The Morgan fingerprint density at radius 3 is 2.89 bits per heavy atom. The molecule has 2 N–H and O–H groups in total. The lowest BCUT2D eigenvalue weighted by Gasteiger charge is -2.43. The van der Waals surface area contributed by atoms with Gasteiger partial charge in [-0.2, -0.15) is 0 Å². The number of carbonyl (C=O) groups is 1. The van der Waals surface area contributed by atoms with Crippen LogP contribution in [0.3, 0.4) is 0 Å². The maximum atomic E-state index is 13.0. The van der Waals surface area contributed by atoms with Gasteiger partial charge in [-0.1, -0.05) is 34.5 Å². The summed E-state index contributed by atoms with van der Waals surface area (Å²) >= 11 is 8.46. The van der Waals surface area contributed by atoms with E-state index in [0.29, 0.717) is 39.4 Å². The first-order valence-corrected chi connectivity index (χ1v) is 13.5. The number of thioether (sulfide) groups is 1. The number of hydrogen-bond donors (Lipinski definition) is 2. The average Bonchev–Trinajstić information content (AvgIpc) is 3.52. The molecule has 3 aromatic rings. The molecule has 5 unspecified atom stereocenters. The summed E-state index contributed by atoms with van der Waals surface area (Å²) in [5.74, 6) is 2.35. The normalized spacial score (nSPS) is 25.5. The van der Waals surface area contributed by atoms with Gasteiger partial charge in [-0.25, -0.2) is 14.6 Å². The number of halogens is 1. The number of pyridine rings is 1. The summed E-state index contributed by atoms with van der Waals surface area (Å²) in [7, 11) is 1.49. The molecule has 0 saturated carbocycles. The summed E-state index contributed by atoms with van der Waals surface area (Å²) in [5.41, 5.74) is 0.485. The van der Waals surface area contributed by atoms with E-state index in [9.17, 15) is 15.0 Å². The third-order valence-electron chi connectivity index (χ3n) is 6.22. The standard InChI is InChI=1S/C23H23ClN6O5S2/c1-3-12-7-15(17(25-8-12)22(33)29-5-4-6-29)37-23-20(34-2)18(19(32)14(10-31)35-23)30-9-13(27-28-30)21-26-16(24)11-36-21/h1,7-9,11,14,18-20,23,31-32H,4-6,10H2,2H3. The summed E-state index contributed by atoms with van der Waals surface area (Å²) in [4.78, 5) is 23.8. The highest BCUT2D eigenvalue weighted by molar-refractivity contribution is 8.00. The van der Waals surface area contributed by atoms with Crippen LogP contribution in [0.15, 0.2) is 28.7 Å². The van der Waals surface area contributed by atoms with Gasteiger partial charge in [0.05, 0.1) is 12.8 Å². The number of thiazole rings is 1. The van der Waals surface area contributed by atoms with Crippen LogP contribution in [0.2, 0.25) is 5.15 Å². The van der Waals surface area contributed by atoms with E-state index in [1.807, 2.05) is 0 Å². The summed E-state index contributed by atoms with van der Waals surface area (Å²) in [6.07, 6.45) is 6.79. The van der Waals surface area contributed by atoms with Crippen molar-refractivity contribution in [2.45, 2.75) is 41.1 Å². The van der Waals surface area contributed by atoms with E-state index in [1.54, 1.807) is 22.5 Å². The Kier molecular flexibility index (Phi) is 7.77. The van der Waals surface area contributed by atoms with Crippen molar-refractivity contribution in [3.63, 3.8) is 0 Å². The molecule has 5 rings (SSSR count). The fourth-order valence-electron chi connectivity index (χ4n) is 4.17. The lowest BCUT2D eigenvalue weighted by atomic mass is 9.97. The molecule has 0 spiro atoms. The average molecular weight is 563 g/mol. The molecule has 11 nitrogen and oxygen atoms in total. The van der Waals surface area contributed by atoms with E-state index in [1.165, 1.54) is 41.1 Å². The fourth-order valence-corrected chi connectivity index (χ4v) is 6.37. The number of methoxy groups -OCH3 is 1. The second-order valence-electron chi connectivity index (χ2n) is 8.44. The van der Waals surface area contributed by atoms with Gasteiger partial charge in [0.2, 0.25) is 0 Å². The Morgan fingerprint density at radius 1 is 1.46 bits per heavy atom. The first kappa shape index (κ1) is 26.1. The molecule has 0 bridgehead atoms. The van der Waals surface area contributed by atoms with Crippen molar-refractivity contribution in [1.82, 2.24) is 29.9 Å². The van der Waals surface area contributed by atoms with Crippen molar-refractivity contribution in [2.75, 3.05) is 26.8 Å². The number of ether oxygens (including phenoxy) is 2. The van der Waals surface area contributed by atoms with Gasteiger partial charge in [0.25, 0.3) is 5.91 Å². The summed E-state index contributed by atoms with van der Waals surface area (Å²) in [6.45, 7) is 0.890. The second-order valence-corrected chi connectivity index (χ2v) is 10.8.